The van der Waals surface area contributed by atoms with Gasteiger partial charge in [-0.3, -0.25) is 0 Å². The summed E-state index contributed by atoms with van der Waals surface area (Å²) in [6.45, 7) is 4.59. The molecule has 3 nitrogen and oxygen atoms in total. The van der Waals surface area contributed by atoms with Crippen LogP contribution in [0.5, 0.6) is 0 Å². The number of rotatable bonds is 6. The summed E-state index contributed by atoms with van der Waals surface area (Å²) in [5.41, 5.74) is 0. The molecule has 0 aliphatic carbocycles. The van der Waals surface area contributed by atoms with E-state index in [1.54, 1.807) is 0 Å². The number of nitrogens with zero attached hydrogens (tertiary/aromatic N) is 3. The molecular weight excluding hydrogens is 294 g/mol. The van der Waals surface area contributed by atoms with E-state index in [4.69, 9.17) is 0 Å². The quantitative estimate of drug-likeness (QED) is 0.674. The van der Waals surface area contributed by atoms with Crippen LogP contribution in [-0.4, -0.2) is 76.1 Å². The molecular formula is C9H23BrCuN3. The Labute approximate surface area is 104 Å². The Morgan fingerprint density at radius 2 is 1.00 bits per heavy atom. The van der Waals surface area contributed by atoms with Crippen LogP contribution in [0.4, 0.5) is 0 Å². The fourth-order valence-electron chi connectivity index (χ4n) is 0.853. The van der Waals surface area contributed by atoms with E-state index in [1.807, 2.05) is 0 Å². The van der Waals surface area contributed by atoms with Crippen molar-refractivity contribution in [1.29, 1.82) is 0 Å². The van der Waals surface area contributed by atoms with E-state index >= 15 is 0 Å². The van der Waals surface area contributed by atoms with Gasteiger partial charge in [-0.25, -0.2) is 0 Å². The maximum atomic E-state index is 4.00. The van der Waals surface area contributed by atoms with Gasteiger partial charge in [0.25, 0.3) is 0 Å². The van der Waals surface area contributed by atoms with Crippen molar-refractivity contribution in [3.63, 3.8) is 0 Å². The van der Waals surface area contributed by atoms with Gasteiger partial charge in [-0.1, -0.05) is 0 Å². The Bertz CT molecular complexity index is 100. The van der Waals surface area contributed by atoms with Crippen molar-refractivity contribution in [2.24, 2.45) is 0 Å². The van der Waals surface area contributed by atoms with Gasteiger partial charge in [-0.2, -0.15) is 0 Å². The molecule has 0 unspecified atom stereocenters. The van der Waals surface area contributed by atoms with Crippen LogP contribution in [0.25, 0.3) is 0 Å². The minimum absolute atomic E-state index is 1.14. The zero-order valence-corrected chi connectivity index (χ0v) is 12.4. The molecule has 0 rings (SSSR count). The fourth-order valence-corrected chi connectivity index (χ4v) is 0.853. The van der Waals surface area contributed by atoms with Crippen LogP contribution < -0.4 is 0 Å². The first-order valence-electron chi connectivity index (χ1n) is 4.61. The van der Waals surface area contributed by atoms with Gasteiger partial charge in [0, 0.05) is 26.2 Å². The molecule has 0 heterocycles. The molecule has 0 aromatic carbocycles. The molecule has 0 aromatic rings. The van der Waals surface area contributed by atoms with Crippen LogP contribution in [0.2, 0.25) is 0 Å². The SMILES string of the molecule is CN(C)CCN(C)CCN(C)C.[Cu][Br]. The molecule has 0 radical (unpaired) electrons. The first-order chi connectivity index (χ1) is 6.52. The van der Waals surface area contributed by atoms with Gasteiger partial charge in [-0.15, -0.1) is 0 Å². The molecule has 14 heavy (non-hydrogen) atoms. The molecule has 0 saturated carbocycles. The van der Waals surface area contributed by atoms with E-state index in [0.29, 0.717) is 0 Å². The Kier molecular flexibility index (Phi) is 14.8. The number of hydrogen-bond donors (Lipinski definition) is 0. The fraction of sp³-hybridized carbons (Fsp3) is 1.00. The van der Waals surface area contributed by atoms with Gasteiger partial charge in [0.15, 0.2) is 0 Å². The minimum atomic E-state index is 1.14. The standard InChI is InChI=1S/C9H23N3.BrH.Cu/c1-10(2)6-8-12(5)9-7-11(3)4;;/h6-9H2,1-5H3;1H;/q;;+1/p-1. The molecule has 5 heteroatoms. The Morgan fingerprint density at radius 3 is 1.21 bits per heavy atom. The third kappa shape index (κ3) is 15.4. The van der Waals surface area contributed by atoms with Gasteiger partial charge < -0.3 is 14.7 Å². The average Bonchev–Trinajstić information content (AvgIpc) is 2.14. The molecule has 0 aliphatic rings. The monoisotopic (exact) mass is 315 g/mol. The van der Waals surface area contributed by atoms with Crippen molar-refractivity contribution in [2.75, 3.05) is 61.4 Å². The molecule has 0 bridgehead atoms. The summed E-state index contributed by atoms with van der Waals surface area (Å²) < 4.78 is 0. The predicted octanol–water partition coefficient (Wildman–Crippen LogP) is 0.884. The van der Waals surface area contributed by atoms with E-state index in [0.717, 1.165) is 26.2 Å². The summed E-state index contributed by atoms with van der Waals surface area (Å²) >= 11 is 6.50. The van der Waals surface area contributed by atoms with Crippen molar-refractivity contribution in [3.8, 4) is 0 Å². The van der Waals surface area contributed by atoms with Gasteiger partial charge in [-0.05, 0) is 35.2 Å². The summed E-state index contributed by atoms with van der Waals surface area (Å²) in [6.07, 6.45) is 0. The first kappa shape index (κ1) is 17.3. The maximum absolute atomic E-state index is 4.00. The van der Waals surface area contributed by atoms with Crippen molar-refractivity contribution >= 4 is 14.1 Å². The van der Waals surface area contributed by atoms with Crippen molar-refractivity contribution < 1.29 is 14.2 Å². The van der Waals surface area contributed by atoms with E-state index in [1.165, 1.54) is 0 Å². The third-order valence-electron chi connectivity index (χ3n) is 1.86. The van der Waals surface area contributed by atoms with Crippen LogP contribution >= 0.6 is 14.1 Å². The number of hydrogen-bond acceptors (Lipinski definition) is 3. The molecule has 0 atom stereocenters. The van der Waals surface area contributed by atoms with E-state index < -0.39 is 0 Å². The van der Waals surface area contributed by atoms with Crippen LogP contribution in [0, 0.1) is 0 Å². The van der Waals surface area contributed by atoms with Crippen molar-refractivity contribution in [1.82, 2.24) is 14.7 Å². The molecule has 0 N–H and O–H groups in total. The van der Waals surface area contributed by atoms with Crippen LogP contribution in [0.1, 0.15) is 0 Å². The average molecular weight is 317 g/mol. The van der Waals surface area contributed by atoms with Crippen LogP contribution in [-0.2, 0) is 14.2 Å². The van der Waals surface area contributed by atoms with Crippen molar-refractivity contribution in [3.05, 3.63) is 0 Å². The summed E-state index contributed by atoms with van der Waals surface area (Å²) in [6, 6.07) is 0. The summed E-state index contributed by atoms with van der Waals surface area (Å²) in [4.78, 5) is 6.79. The van der Waals surface area contributed by atoms with Gasteiger partial charge in [0.2, 0.25) is 0 Å². The predicted molar refractivity (Wildman–Crippen MR) is 63.5 cm³/mol. The van der Waals surface area contributed by atoms with Gasteiger partial charge >= 0.3 is 28.3 Å². The first-order valence-corrected chi connectivity index (χ1v) is 6.94. The number of likely N-dealkylation sites (N-methyl/N-ethyl adjacent to an activating group) is 3. The zero-order valence-electron chi connectivity index (χ0n) is 9.85. The second-order valence-electron chi connectivity index (χ2n) is 3.91. The zero-order chi connectivity index (χ0) is 11.6. The Hall–Kier alpha value is 0.879. The third-order valence-corrected chi connectivity index (χ3v) is 1.86. The summed E-state index contributed by atoms with van der Waals surface area (Å²) in [7, 11) is 10.6. The van der Waals surface area contributed by atoms with Crippen LogP contribution in [0.15, 0.2) is 0 Å². The molecule has 92 valence electrons. The number of halogens is 1. The summed E-state index contributed by atoms with van der Waals surface area (Å²) in [5, 5.41) is 0. The Morgan fingerprint density at radius 1 is 0.714 bits per heavy atom. The summed E-state index contributed by atoms with van der Waals surface area (Å²) in [5.74, 6) is 0. The van der Waals surface area contributed by atoms with E-state index in [-0.39, 0.29) is 0 Å². The second kappa shape index (κ2) is 12.0. The van der Waals surface area contributed by atoms with E-state index in [9.17, 15) is 0 Å². The molecule has 0 aromatic heterocycles. The van der Waals surface area contributed by atoms with Gasteiger partial charge in [0.05, 0.1) is 0 Å². The van der Waals surface area contributed by atoms with Gasteiger partial charge in [0.1, 0.15) is 0 Å². The molecule has 0 aliphatic heterocycles. The molecule has 0 spiro atoms. The van der Waals surface area contributed by atoms with Crippen LogP contribution in [0.3, 0.4) is 0 Å². The molecule has 0 amide bonds. The Balaban J connectivity index is 0. The van der Waals surface area contributed by atoms with Crippen molar-refractivity contribution in [2.45, 2.75) is 0 Å². The second-order valence-corrected chi connectivity index (χ2v) is 3.91. The normalized spacial score (nSPS) is 10.8. The molecule has 0 fully saturated rings. The topological polar surface area (TPSA) is 9.72 Å². The molecule has 0 saturated heterocycles. The van der Waals surface area contributed by atoms with E-state index in [2.05, 4.69) is 78.3 Å².